The molecule has 2 aromatic carbocycles. The van der Waals surface area contributed by atoms with Gasteiger partial charge in [0.05, 0.1) is 12.0 Å². The lowest BCUT2D eigenvalue weighted by Gasteiger charge is -2.42. The van der Waals surface area contributed by atoms with Crippen LogP contribution in [-0.2, 0) is 4.79 Å². The van der Waals surface area contributed by atoms with Crippen molar-refractivity contribution in [2.75, 3.05) is 56.2 Å². The molecule has 3 rings (SSSR count). The number of ether oxygens (including phenoxy) is 1. The first kappa shape index (κ1) is 25.7. The second-order valence-electron chi connectivity index (χ2n) is 9.18. The molecule has 186 valence electrons. The minimum atomic E-state index is -0.505. The summed E-state index contributed by atoms with van der Waals surface area (Å²) in [6.07, 6.45) is 4.35. The molecule has 1 aliphatic heterocycles. The van der Waals surface area contributed by atoms with Crippen LogP contribution in [0.2, 0.25) is 0 Å². The highest BCUT2D eigenvalue weighted by molar-refractivity contribution is 5.81. The molecule has 1 fully saturated rings. The number of phenols is 1. The summed E-state index contributed by atoms with van der Waals surface area (Å²) in [7, 11) is 1.95. The number of unbranched alkanes of at least 4 members (excludes halogenated alkanes) is 1. The largest absolute Gasteiger partial charge is 0.508 e. The molecule has 0 unspecified atom stereocenters. The van der Waals surface area contributed by atoms with E-state index in [1.807, 2.05) is 31.3 Å². The molecular weight excluding hydrogens is 428 g/mol. The van der Waals surface area contributed by atoms with Crippen LogP contribution in [0.5, 0.6) is 11.5 Å². The fourth-order valence-corrected chi connectivity index (χ4v) is 4.53. The summed E-state index contributed by atoms with van der Waals surface area (Å²) in [6, 6.07) is 15.5. The van der Waals surface area contributed by atoms with Gasteiger partial charge in [0.15, 0.2) is 0 Å². The summed E-state index contributed by atoms with van der Waals surface area (Å²) in [4.78, 5) is 17.2. The Kier molecular flexibility index (Phi) is 9.45. The van der Waals surface area contributed by atoms with E-state index in [1.54, 1.807) is 12.1 Å². The fourth-order valence-electron chi connectivity index (χ4n) is 4.53. The Labute approximate surface area is 203 Å². The normalized spacial score (nSPS) is 15.2. The Hall–Kier alpha value is -2.93. The average Bonchev–Trinajstić information content (AvgIpc) is 2.86. The highest BCUT2D eigenvalue weighted by Gasteiger charge is 2.40. The summed E-state index contributed by atoms with van der Waals surface area (Å²) < 4.78 is 5.81. The molecule has 0 atom stereocenters. The molecule has 4 N–H and O–H groups in total. The molecular formula is C27H40N4O3. The van der Waals surface area contributed by atoms with Gasteiger partial charge in [0, 0.05) is 44.1 Å². The summed E-state index contributed by atoms with van der Waals surface area (Å²) in [6.45, 7) is 6.90. The zero-order valence-electron chi connectivity index (χ0n) is 20.6. The molecule has 1 aliphatic rings. The van der Waals surface area contributed by atoms with Crippen LogP contribution < -0.4 is 25.6 Å². The number of carbonyl (C=O) groups excluding carboxylic acids is 1. The van der Waals surface area contributed by atoms with Crippen molar-refractivity contribution in [2.45, 2.75) is 39.0 Å². The van der Waals surface area contributed by atoms with Crippen molar-refractivity contribution in [2.24, 2.45) is 11.1 Å². The number of benzene rings is 2. The summed E-state index contributed by atoms with van der Waals surface area (Å²) in [5, 5.41) is 12.8. The van der Waals surface area contributed by atoms with Gasteiger partial charge >= 0.3 is 0 Å². The number of phenolic OH excluding ortho intramolecular Hbond substituents is 1. The van der Waals surface area contributed by atoms with Crippen molar-refractivity contribution in [3.05, 3.63) is 48.5 Å². The highest BCUT2D eigenvalue weighted by atomic mass is 16.5. The number of carbonyl (C=O) groups is 1. The van der Waals surface area contributed by atoms with Gasteiger partial charge in [-0.2, -0.15) is 0 Å². The van der Waals surface area contributed by atoms with Crippen LogP contribution in [0.15, 0.2) is 48.5 Å². The lowest BCUT2D eigenvalue weighted by atomic mass is 9.74. The number of hydrogen-bond donors (Lipinski definition) is 3. The molecule has 0 radical (unpaired) electrons. The molecule has 0 saturated carbocycles. The van der Waals surface area contributed by atoms with Crippen molar-refractivity contribution < 1.29 is 14.6 Å². The number of hydrogen-bond acceptors (Lipinski definition) is 6. The van der Waals surface area contributed by atoms with Crippen LogP contribution in [0.1, 0.15) is 39.0 Å². The van der Waals surface area contributed by atoms with E-state index >= 15 is 0 Å². The molecule has 1 saturated heterocycles. The van der Waals surface area contributed by atoms with E-state index in [0.29, 0.717) is 0 Å². The summed E-state index contributed by atoms with van der Waals surface area (Å²) in [5.41, 5.74) is 7.65. The number of aromatic hydroxyl groups is 1. The Balaban J connectivity index is 1.64. The Morgan fingerprint density at radius 3 is 2.38 bits per heavy atom. The van der Waals surface area contributed by atoms with Crippen LogP contribution in [0.3, 0.4) is 0 Å². The zero-order chi connectivity index (χ0) is 24.4. The van der Waals surface area contributed by atoms with Gasteiger partial charge in [-0.25, -0.2) is 0 Å². The molecule has 34 heavy (non-hydrogen) atoms. The molecule has 2 aromatic rings. The number of nitrogens with zero attached hydrogens (tertiary/aromatic N) is 2. The number of piperidine rings is 1. The maximum absolute atomic E-state index is 12.6. The smallest absolute Gasteiger partial charge is 0.223 e. The predicted molar refractivity (Wildman–Crippen MR) is 139 cm³/mol. The topological polar surface area (TPSA) is 91.1 Å². The third kappa shape index (κ3) is 6.79. The number of amides is 1. The van der Waals surface area contributed by atoms with E-state index in [9.17, 15) is 9.90 Å². The van der Waals surface area contributed by atoms with E-state index in [2.05, 4.69) is 34.2 Å². The first-order valence-corrected chi connectivity index (χ1v) is 12.4. The molecule has 7 heteroatoms. The van der Waals surface area contributed by atoms with Gasteiger partial charge in [-0.1, -0.05) is 13.3 Å². The molecule has 7 nitrogen and oxygen atoms in total. The van der Waals surface area contributed by atoms with Crippen LogP contribution in [-0.4, -0.2) is 57.4 Å². The second kappa shape index (κ2) is 12.5. The van der Waals surface area contributed by atoms with E-state index in [-0.39, 0.29) is 11.7 Å². The van der Waals surface area contributed by atoms with Gasteiger partial charge in [-0.15, -0.1) is 0 Å². The van der Waals surface area contributed by atoms with Crippen LogP contribution >= 0.6 is 0 Å². The van der Waals surface area contributed by atoms with E-state index in [0.717, 1.165) is 88.6 Å². The van der Waals surface area contributed by atoms with Gasteiger partial charge in [0.2, 0.25) is 5.91 Å². The molecule has 0 bridgehead atoms. The Morgan fingerprint density at radius 2 is 1.79 bits per heavy atom. The van der Waals surface area contributed by atoms with E-state index in [4.69, 9.17) is 10.5 Å². The SMILES string of the molecule is CCCCOc1ccc(N(CCNC)CCC2(C(N)=O)CCN(c3ccc(O)cc3)CC2)cc1. The van der Waals surface area contributed by atoms with Crippen LogP contribution in [0.4, 0.5) is 11.4 Å². The predicted octanol–water partition coefficient (Wildman–Crippen LogP) is 3.76. The van der Waals surface area contributed by atoms with Crippen molar-refractivity contribution in [1.82, 2.24) is 5.32 Å². The average molecular weight is 469 g/mol. The van der Waals surface area contributed by atoms with Crippen molar-refractivity contribution in [3.63, 3.8) is 0 Å². The lowest BCUT2D eigenvalue weighted by Crippen LogP contribution is -2.49. The van der Waals surface area contributed by atoms with Gasteiger partial charge in [-0.3, -0.25) is 4.79 Å². The van der Waals surface area contributed by atoms with Gasteiger partial charge in [0.25, 0.3) is 0 Å². The standard InChI is InChI=1S/C27H40N4O3/c1-3-4-21-34-25-11-7-23(8-12-25)31(20-16-29-2)19-15-27(26(28)33)13-17-30(18-14-27)22-5-9-24(32)10-6-22/h5-12,29,32H,3-4,13-21H2,1-2H3,(H2,28,33). The molecule has 0 aromatic heterocycles. The van der Waals surface area contributed by atoms with Crippen molar-refractivity contribution in [1.29, 1.82) is 0 Å². The molecule has 0 spiro atoms. The zero-order valence-corrected chi connectivity index (χ0v) is 20.6. The Bertz CT molecular complexity index is 878. The number of rotatable bonds is 13. The van der Waals surface area contributed by atoms with Crippen molar-refractivity contribution >= 4 is 17.3 Å². The number of anilines is 2. The van der Waals surface area contributed by atoms with Crippen molar-refractivity contribution in [3.8, 4) is 11.5 Å². The molecule has 1 amide bonds. The quantitative estimate of drug-likeness (QED) is 0.388. The minimum Gasteiger partial charge on any atom is -0.508 e. The first-order chi connectivity index (χ1) is 16.5. The number of nitrogens with one attached hydrogen (secondary N) is 1. The summed E-state index contributed by atoms with van der Waals surface area (Å²) >= 11 is 0. The molecule has 0 aliphatic carbocycles. The highest BCUT2D eigenvalue weighted by Crippen LogP contribution is 2.37. The minimum absolute atomic E-state index is 0.203. The second-order valence-corrected chi connectivity index (χ2v) is 9.18. The molecule has 1 heterocycles. The summed E-state index contributed by atoms with van der Waals surface area (Å²) in [5.74, 6) is 0.946. The third-order valence-corrected chi connectivity index (χ3v) is 6.92. The van der Waals surface area contributed by atoms with Crippen LogP contribution in [0, 0.1) is 5.41 Å². The van der Waals surface area contributed by atoms with Gasteiger partial charge in [0.1, 0.15) is 11.5 Å². The number of likely N-dealkylation sites (N-methyl/N-ethyl adjacent to an activating group) is 1. The Morgan fingerprint density at radius 1 is 1.12 bits per heavy atom. The van der Waals surface area contributed by atoms with Gasteiger partial charge < -0.3 is 30.7 Å². The number of primary amides is 1. The fraction of sp³-hybridized carbons (Fsp3) is 0.519. The monoisotopic (exact) mass is 468 g/mol. The first-order valence-electron chi connectivity index (χ1n) is 12.4. The maximum atomic E-state index is 12.6. The van der Waals surface area contributed by atoms with E-state index in [1.165, 1.54) is 0 Å². The maximum Gasteiger partial charge on any atom is 0.223 e. The lowest BCUT2D eigenvalue weighted by molar-refractivity contribution is -0.129. The number of nitrogens with two attached hydrogens (primary N) is 1. The van der Waals surface area contributed by atoms with Crippen LogP contribution in [0.25, 0.3) is 0 Å². The van der Waals surface area contributed by atoms with Gasteiger partial charge in [-0.05, 0) is 81.3 Å². The third-order valence-electron chi connectivity index (χ3n) is 6.92. The van der Waals surface area contributed by atoms with E-state index < -0.39 is 5.41 Å².